The topological polar surface area (TPSA) is 38.3 Å². The van der Waals surface area contributed by atoms with Crippen molar-refractivity contribution in [2.45, 2.75) is 6.92 Å². The minimum atomic E-state index is -0.278. The molecule has 0 heterocycles. The molecule has 2 aromatic carbocycles. The van der Waals surface area contributed by atoms with Gasteiger partial charge in [-0.15, -0.1) is 0 Å². The Balaban J connectivity index is 1.97. The van der Waals surface area contributed by atoms with E-state index in [0.29, 0.717) is 21.5 Å². The third kappa shape index (κ3) is 4.37. The van der Waals surface area contributed by atoms with Crippen LogP contribution in [0.4, 0.5) is 5.69 Å². The van der Waals surface area contributed by atoms with Gasteiger partial charge >= 0.3 is 0 Å². The Labute approximate surface area is 141 Å². The number of ether oxygens (including phenoxy) is 1. The molecule has 0 aromatic heterocycles. The predicted molar refractivity (Wildman–Crippen MR) is 89.5 cm³/mol. The van der Waals surface area contributed by atoms with E-state index in [4.69, 9.17) is 27.9 Å². The van der Waals surface area contributed by atoms with E-state index in [9.17, 15) is 4.79 Å². The van der Waals surface area contributed by atoms with Crippen molar-refractivity contribution in [2.75, 3.05) is 11.9 Å². The van der Waals surface area contributed by atoms with E-state index in [0.717, 1.165) is 10.0 Å². The van der Waals surface area contributed by atoms with Gasteiger partial charge in [0.2, 0.25) is 0 Å². The number of benzene rings is 2. The Kier molecular flexibility index (Phi) is 5.51. The van der Waals surface area contributed by atoms with E-state index in [1.54, 1.807) is 36.4 Å². The number of amides is 1. The first-order chi connectivity index (χ1) is 9.97. The Morgan fingerprint density at radius 3 is 2.71 bits per heavy atom. The van der Waals surface area contributed by atoms with E-state index in [1.165, 1.54) is 0 Å². The molecule has 1 amide bonds. The first kappa shape index (κ1) is 16.1. The average Bonchev–Trinajstić information content (AvgIpc) is 2.43. The number of hydrogen-bond acceptors (Lipinski definition) is 2. The molecule has 6 heteroatoms. The molecule has 110 valence electrons. The highest BCUT2D eigenvalue weighted by molar-refractivity contribution is 9.10. The van der Waals surface area contributed by atoms with Crippen molar-refractivity contribution in [3.63, 3.8) is 0 Å². The summed E-state index contributed by atoms with van der Waals surface area (Å²) in [6, 6.07) is 10.5. The summed E-state index contributed by atoms with van der Waals surface area (Å²) in [5.74, 6) is 0.178. The zero-order valence-electron chi connectivity index (χ0n) is 11.1. The molecule has 3 nitrogen and oxygen atoms in total. The van der Waals surface area contributed by atoms with Crippen LogP contribution < -0.4 is 10.1 Å². The molecule has 1 N–H and O–H groups in total. The third-order valence-corrected chi connectivity index (χ3v) is 3.99. The molecule has 0 atom stereocenters. The Bertz CT molecular complexity index is 677. The molecule has 0 radical (unpaired) electrons. The summed E-state index contributed by atoms with van der Waals surface area (Å²) in [4.78, 5) is 11.9. The maximum Gasteiger partial charge on any atom is 0.262 e. The van der Waals surface area contributed by atoms with Crippen LogP contribution in [0.15, 0.2) is 40.9 Å². The molecule has 0 fully saturated rings. The van der Waals surface area contributed by atoms with Crippen LogP contribution in [0.25, 0.3) is 0 Å². The van der Waals surface area contributed by atoms with E-state index in [-0.39, 0.29) is 12.5 Å². The van der Waals surface area contributed by atoms with E-state index < -0.39 is 0 Å². The van der Waals surface area contributed by atoms with Gasteiger partial charge in [-0.05, 0) is 42.8 Å². The fourth-order valence-electron chi connectivity index (χ4n) is 1.66. The van der Waals surface area contributed by atoms with Crippen LogP contribution in [0, 0.1) is 6.92 Å². The summed E-state index contributed by atoms with van der Waals surface area (Å²) in [7, 11) is 0. The first-order valence-corrected chi connectivity index (χ1v) is 7.65. The molecule has 0 saturated carbocycles. The van der Waals surface area contributed by atoms with Gasteiger partial charge in [-0.25, -0.2) is 0 Å². The highest BCUT2D eigenvalue weighted by atomic mass is 79.9. The van der Waals surface area contributed by atoms with Gasteiger partial charge in [0.25, 0.3) is 5.91 Å². The van der Waals surface area contributed by atoms with E-state index in [1.807, 2.05) is 6.92 Å². The van der Waals surface area contributed by atoms with Crippen LogP contribution in [0.2, 0.25) is 10.0 Å². The number of hydrogen-bond donors (Lipinski definition) is 1. The molecule has 21 heavy (non-hydrogen) atoms. The largest absolute Gasteiger partial charge is 0.482 e. The number of carbonyl (C=O) groups excluding carboxylic acids is 1. The molecule has 0 bridgehead atoms. The quantitative estimate of drug-likeness (QED) is 0.792. The molecule has 2 rings (SSSR count). The highest BCUT2D eigenvalue weighted by Gasteiger charge is 2.09. The molecular weight excluding hydrogens is 377 g/mol. The van der Waals surface area contributed by atoms with Crippen LogP contribution in [0.1, 0.15) is 5.56 Å². The normalized spacial score (nSPS) is 10.3. The Morgan fingerprint density at radius 2 is 2.00 bits per heavy atom. The van der Waals surface area contributed by atoms with Gasteiger partial charge < -0.3 is 10.1 Å². The lowest BCUT2D eigenvalue weighted by Gasteiger charge is -2.11. The molecule has 0 aliphatic rings. The van der Waals surface area contributed by atoms with Gasteiger partial charge in [0.1, 0.15) is 5.75 Å². The second-order valence-corrected chi connectivity index (χ2v) is 6.05. The summed E-state index contributed by atoms with van der Waals surface area (Å²) >= 11 is 15.3. The van der Waals surface area contributed by atoms with Crippen LogP contribution in [-0.2, 0) is 4.79 Å². The second kappa shape index (κ2) is 7.16. The van der Waals surface area contributed by atoms with Crippen molar-refractivity contribution in [3.8, 4) is 5.75 Å². The molecule has 0 spiro atoms. The summed E-state index contributed by atoms with van der Waals surface area (Å²) < 4.78 is 6.24. The predicted octanol–water partition coefficient (Wildman–Crippen LogP) is 5.08. The average molecular weight is 389 g/mol. The van der Waals surface area contributed by atoms with Gasteiger partial charge in [0, 0.05) is 15.2 Å². The van der Waals surface area contributed by atoms with Crippen molar-refractivity contribution in [2.24, 2.45) is 0 Å². The number of carbonyl (C=O) groups is 1. The number of halogens is 3. The lowest BCUT2D eigenvalue weighted by molar-refractivity contribution is -0.118. The summed E-state index contributed by atoms with van der Waals surface area (Å²) in [6.45, 7) is 1.71. The maximum absolute atomic E-state index is 11.9. The molecule has 0 unspecified atom stereocenters. The number of rotatable bonds is 4. The van der Waals surface area contributed by atoms with Crippen molar-refractivity contribution < 1.29 is 9.53 Å². The van der Waals surface area contributed by atoms with Gasteiger partial charge in [0.15, 0.2) is 6.61 Å². The van der Waals surface area contributed by atoms with Crippen molar-refractivity contribution in [1.29, 1.82) is 0 Å². The van der Waals surface area contributed by atoms with Gasteiger partial charge in [-0.2, -0.15) is 0 Å². The molecule has 2 aromatic rings. The highest BCUT2D eigenvalue weighted by Crippen LogP contribution is 2.28. The summed E-state index contributed by atoms with van der Waals surface area (Å²) in [5, 5.41) is 3.79. The molecule has 0 aliphatic heterocycles. The van der Waals surface area contributed by atoms with Gasteiger partial charge in [-0.3, -0.25) is 4.79 Å². The van der Waals surface area contributed by atoms with Crippen molar-refractivity contribution in [3.05, 3.63) is 56.5 Å². The van der Waals surface area contributed by atoms with Gasteiger partial charge in [0.05, 0.1) is 5.02 Å². The van der Waals surface area contributed by atoms with E-state index in [2.05, 4.69) is 21.2 Å². The molecule has 0 saturated heterocycles. The molecular formula is C15H12BrCl2NO2. The van der Waals surface area contributed by atoms with Crippen LogP contribution in [0.5, 0.6) is 5.75 Å². The van der Waals surface area contributed by atoms with Crippen LogP contribution in [0.3, 0.4) is 0 Å². The Hall–Kier alpha value is -1.23. The molecule has 0 aliphatic carbocycles. The van der Waals surface area contributed by atoms with Crippen molar-refractivity contribution in [1.82, 2.24) is 0 Å². The minimum absolute atomic E-state index is 0.132. The SMILES string of the molecule is Cc1c(Cl)cccc1NC(=O)COc1ccc(Br)cc1Cl. The maximum atomic E-state index is 11.9. The third-order valence-electron chi connectivity index (χ3n) is 2.79. The number of nitrogens with one attached hydrogen (secondary N) is 1. The lowest BCUT2D eigenvalue weighted by atomic mass is 10.2. The first-order valence-electron chi connectivity index (χ1n) is 6.10. The fourth-order valence-corrected chi connectivity index (χ4v) is 2.57. The smallest absolute Gasteiger partial charge is 0.262 e. The minimum Gasteiger partial charge on any atom is -0.482 e. The van der Waals surface area contributed by atoms with Crippen LogP contribution in [-0.4, -0.2) is 12.5 Å². The fraction of sp³-hybridized carbons (Fsp3) is 0.133. The zero-order chi connectivity index (χ0) is 15.4. The van der Waals surface area contributed by atoms with Crippen LogP contribution >= 0.6 is 39.1 Å². The second-order valence-electron chi connectivity index (χ2n) is 4.32. The summed E-state index contributed by atoms with van der Waals surface area (Å²) in [5.41, 5.74) is 1.48. The standard InChI is InChI=1S/C15H12BrCl2NO2/c1-9-11(17)3-2-4-13(9)19-15(20)8-21-14-6-5-10(16)7-12(14)18/h2-7H,8H2,1H3,(H,19,20). The summed E-state index contributed by atoms with van der Waals surface area (Å²) in [6.07, 6.45) is 0. The Morgan fingerprint density at radius 1 is 1.24 bits per heavy atom. The van der Waals surface area contributed by atoms with Crippen molar-refractivity contribution >= 4 is 50.7 Å². The van der Waals surface area contributed by atoms with Gasteiger partial charge in [-0.1, -0.05) is 45.2 Å². The monoisotopic (exact) mass is 387 g/mol. The zero-order valence-corrected chi connectivity index (χ0v) is 14.2. The van der Waals surface area contributed by atoms with E-state index >= 15 is 0 Å². The lowest BCUT2D eigenvalue weighted by Crippen LogP contribution is -2.20. The number of anilines is 1.